The fraction of sp³-hybridized carbons (Fsp3) is 0.100. The van der Waals surface area contributed by atoms with Crippen molar-refractivity contribution < 1.29 is 17.5 Å². The Balaban J connectivity index is 2.08. The minimum Gasteiger partial charge on any atom is -0.497 e. The van der Waals surface area contributed by atoms with E-state index in [0.29, 0.717) is 17.0 Å². The van der Waals surface area contributed by atoms with Gasteiger partial charge in [-0.3, -0.25) is 4.31 Å². The lowest BCUT2D eigenvalue weighted by molar-refractivity contribution is 0.413. The summed E-state index contributed by atoms with van der Waals surface area (Å²) in [5, 5.41) is 0. The molecule has 0 N–H and O–H groups in total. The number of ether oxygens (including phenoxy) is 1. The predicted molar refractivity (Wildman–Crippen MR) is 107 cm³/mol. The van der Waals surface area contributed by atoms with Gasteiger partial charge in [0.1, 0.15) is 11.6 Å². The molecule has 0 aliphatic heterocycles. The van der Waals surface area contributed by atoms with Crippen LogP contribution in [0.5, 0.6) is 5.75 Å². The van der Waals surface area contributed by atoms with Gasteiger partial charge in [0.25, 0.3) is 10.0 Å². The van der Waals surface area contributed by atoms with Crippen molar-refractivity contribution in [2.75, 3.05) is 11.4 Å². The summed E-state index contributed by atoms with van der Waals surface area (Å²) in [4.78, 5) is 0.115. The van der Waals surface area contributed by atoms with Crippen molar-refractivity contribution in [2.24, 2.45) is 0 Å². The van der Waals surface area contributed by atoms with Crippen LogP contribution in [0.25, 0.3) is 0 Å². The zero-order valence-electron chi connectivity index (χ0n) is 14.5. The van der Waals surface area contributed by atoms with E-state index in [2.05, 4.69) is 15.9 Å². The second-order valence-corrected chi connectivity index (χ2v) is 8.57. The van der Waals surface area contributed by atoms with Crippen LogP contribution in [0.4, 0.5) is 10.1 Å². The van der Waals surface area contributed by atoms with E-state index in [1.807, 2.05) is 6.07 Å². The Bertz CT molecular complexity index is 1040. The molecule has 0 unspecified atom stereocenters. The van der Waals surface area contributed by atoms with Crippen LogP contribution in [0, 0.1) is 5.82 Å². The predicted octanol–water partition coefficient (Wildman–Crippen LogP) is 4.99. The third kappa shape index (κ3) is 4.48. The number of nitrogens with zero attached hydrogens (tertiary/aromatic N) is 1. The third-order valence-electron chi connectivity index (χ3n) is 3.96. The van der Waals surface area contributed by atoms with Gasteiger partial charge in [0.15, 0.2) is 0 Å². The topological polar surface area (TPSA) is 46.6 Å². The van der Waals surface area contributed by atoms with Gasteiger partial charge in [-0.15, -0.1) is 0 Å². The molecule has 0 saturated carbocycles. The number of benzene rings is 3. The Hall–Kier alpha value is -2.38. The number of halogens is 2. The molecule has 0 amide bonds. The summed E-state index contributed by atoms with van der Waals surface area (Å²) in [6, 6.07) is 19.1. The molecule has 0 aliphatic carbocycles. The minimum absolute atomic E-state index is 0.0658. The number of rotatable bonds is 6. The second kappa shape index (κ2) is 8.10. The van der Waals surface area contributed by atoms with Gasteiger partial charge < -0.3 is 4.74 Å². The first kappa shape index (κ1) is 19.4. The molecule has 3 rings (SSSR count). The van der Waals surface area contributed by atoms with Crippen molar-refractivity contribution >= 4 is 31.6 Å². The normalized spacial score (nSPS) is 11.2. The maximum atomic E-state index is 13.4. The zero-order chi connectivity index (χ0) is 19.4. The SMILES string of the molecule is COc1cccc(S(=O)(=O)N(Cc2ccc(F)cc2)c2cccc(Br)c2)c1. The van der Waals surface area contributed by atoms with Gasteiger partial charge in [0, 0.05) is 10.5 Å². The van der Waals surface area contributed by atoms with Gasteiger partial charge >= 0.3 is 0 Å². The Kier molecular flexibility index (Phi) is 5.82. The van der Waals surface area contributed by atoms with Crippen LogP contribution in [-0.2, 0) is 16.6 Å². The largest absolute Gasteiger partial charge is 0.497 e. The first-order valence-electron chi connectivity index (χ1n) is 8.07. The van der Waals surface area contributed by atoms with Crippen molar-refractivity contribution in [1.82, 2.24) is 0 Å². The van der Waals surface area contributed by atoms with Crippen LogP contribution >= 0.6 is 15.9 Å². The highest BCUT2D eigenvalue weighted by Gasteiger charge is 2.26. The van der Waals surface area contributed by atoms with Gasteiger partial charge in [-0.05, 0) is 48.0 Å². The number of sulfonamides is 1. The number of hydrogen-bond acceptors (Lipinski definition) is 3. The van der Waals surface area contributed by atoms with Crippen LogP contribution < -0.4 is 9.04 Å². The van der Waals surface area contributed by atoms with Gasteiger partial charge in [-0.25, -0.2) is 12.8 Å². The summed E-state index contributed by atoms with van der Waals surface area (Å²) in [5.74, 6) is 0.0791. The molecule has 0 bridgehead atoms. The summed E-state index contributed by atoms with van der Waals surface area (Å²) in [6.45, 7) is 0.0658. The van der Waals surface area contributed by atoms with Crippen molar-refractivity contribution in [1.29, 1.82) is 0 Å². The average molecular weight is 450 g/mol. The fourth-order valence-electron chi connectivity index (χ4n) is 2.59. The smallest absolute Gasteiger partial charge is 0.264 e. The molecule has 140 valence electrons. The van der Waals surface area contributed by atoms with E-state index < -0.39 is 10.0 Å². The summed E-state index contributed by atoms with van der Waals surface area (Å²) < 4.78 is 47.2. The van der Waals surface area contributed by atoms with Gasteiger partial charge in [0.2, 0.25) is 0 Å². The van der Waals surface area contributed by atoms with Crippen LogP contribution in [0.15, 0.2) is 82.2 Å². The summed E-state index contributed by atoms with van der Waals surface area (Å²) in [6.07, 6.45) is 0. The lowest BCUT2D eigenvalue weighted by atomic mass is 10.2. The Morgan fingerprint density at radius 2 is 1.70 bits per heavy atom. The molecule has 0 aromatic heterocycles. The van der Waals surface area contributed by atoms with E-state index in [4.69, 9.17) is 4.74 Å². The Morgan fingerprint density at radius 3 is 2.37 bits per heavy atom. The van der Waals surface area contributed by atoms with E-state index in [1.165, 1.54) is 35.7 Å². The van der Waals surface area contributed by atoms with Crippen LogP contribution in [-0.4, -0.2) is 15.5 Å². The Labute approximate surface area is 166 Å². The molecule has 0 radical (unpaired) electrons. The monoisotopic (exact) mass is 449 g/mol. The molecule has 0 spiro atoms. The third-order valence-corrected chi connectivity index (χ3v) is 6.23. The van der Waals surface area contributed by atoms with Crippen molar-refractivity contribution in [3.05, 3.63) is 88.6 Å². The average Bonchev–Trinajstić information content (AvgIpc) is 2.67. The Morgan fingerprint density at radius 1 is 1.00 bits per heavy atom. The number of hydrogen-bond donors (Lipinski definition) is 0. The maximum absolute atomic E-state index is 13.4. The lowest BCUT2D eigenvalue weighted by Gasteiger charge is -2.25. The minimum atomic E-state index is -3.87. The van der Waals surface area contributed by atoms with E-state index in [1.54, 1.807) is 42.5 Å². The highest BCUT2D eigenvalue weighted by Crippen LogP contribution is 2.29. The molecule has 4 nitrogen and oxygen atoms in total. The van der Waals surface area contributed by atoms with Crippen molar-refractivity contribution in [3.63, 3.8) is 0 Å². The molecule has 0 saturated heterocycles. The molecule has 3 aromatic carbocycles. The number of anilines is 1. The summed E-state index contributed by atoms with van der Waals surface area (Å²) in [5.41, 5.74) is 1.17. The maximum Gasteiger partial charge on any atom is 0.264 e. The lowest BCUT2D eigenvalue weighted by Crippen LogP contribution is -2.30. The number of methoxy groups -OCH3 is 1. The molecule has 7 heteroatoms. The molecule has 0 aliphatic rings. The van der Waals surface area contributed by atoms with Crippen molar-refractivity contribution in [3.8, 4) is 5.75 Å². The van der Waals surface area contributed by atoms with Crippen molar-refractivity contribution in [2.45, 2.75) is 11.4 Å². The van der Waals surface area contributed by atoms with Gasteiger partial charge in [-0.1, -0.05) is 40.2 Å². The molecule has 27 heavy (non-hydrogen) atoms. The highest BCUT2D eigenvalue weighted by atomic mass is 79.9. The van der Waals surface area contributed by atoms with E-state index in [0.717, 1.165) is 4.47 Å². The summed E-state index contributed by atoms with van der Waals surface area (Å²) in [7, 11) is -2.39. The van der Waals surface area contributed by atoms with Crippen LogP contribution in [0.2, 0.25) is 0 Å². The van der Waals surface area contributed by atoms with Gasteiger partial charge in [0.05, 0.1) is 24.2 Å². The molecule has 0 heterocycles. The summed E-state index contributed by atoms with van der Waals surface area (Å²) >= 11 is 3.38. The standard InChI is InChI=1S/C20H17BrFNO3S/c1-26-19-6-3-7-20(13-19)27(24,25)23(18-5-2-4-16(21)12-18)14-15-8-10-17(22)11-9-15/h2-13H,14H2,1H3. The second-order valence-electron chi connectivity index (χ2n) is 5.80. The van der Waals surface area contributed by atoms with Crippen LogP contribution in [0.1, 0.15) is 5.56 Å². The highest BCUT2D eigenvalue weighted by molar-refractivity contribution is 9.10. The molecule has 0 atom stereocenters. The first-order chi connectivity index (χ1) is 12.9. The quantitative estimate of drug-likeness (QED) is 0.532. The molecule has 0 fully saturated rings. The van der Waals surface area contributed by atoms with Gasteiger partial charge in [-0.2, -0.15) is 0 Å². The fourth-order valence-corrected chi connectivity index (χ4v) is 4.46. The molecular weight excluding hydrogens is 433 g/mol. The molecular formula is C20H17BrFNO3S. The van der Waals surface area contributed by atoms with E-state index >= 15 is 0 Å². The molecule has 3 aromatic rings. The zero-order valence-corrected chi connectivity index (χ0v) is 16.9. The van der Waals surface area contributed by atoms with E-state index in [-0.39, 0.29) is 17.3 Å². The van der Waals surface area contributed by atoms with Crippen LogP contribution in [0.3, 0.4) is 0 Å². The van der Waals surface area contributed by atoms with E-state index in [9.17, 15) is 12.8 Å². The first-order valence-corrected chi connectivity index (χ1v) is 10.3.